The largest absolute Gasteiger partial charge is 0.277 e. The molecule has 0 aromatic heterocycles. The SMILES string of the molecule is CC(C)Sc1ccc(C(=O)C#N)cc1. The molecule has 0 unspecified atom stereocenters. The Balaban J connectivity index is 2.80. The summed E-state index contributed by atoms with van der Waals surface area (Å²) in [4.78, 5) is 12.1. The minimum Gasteiger partial charge on any atom is -0.277 e. The van der Waals surface area contributed by atoms with Crippen molar-refractivity contribution in [1.29, 1.82) is 5.26 Å². The number of nitriles is 1. The van der Waals surface area contributed by atoms with Crippen LogP contribution in [0.15, 0.2) is 29.2 Å². The number of ketones is 1. The Bertz CT molecular complexity index is 362. The van der Waals surface area contributed by atoms with Gasteiger partial charge in [-0.15, -0.1) is 11.8 Å². The van der Waals surface area contributed by atoms with Crippen LogP contribution in [-0.2, 0) is 0 Å². The van der Waals surface area contributed by atoms with Gasteiger partial charge in [0.25, 0.3) is 5.78 Å². The van der Waals surface area contributed by atoms with Crippen LogP contribution in [-0.4, -0.2) is 11.0 Å². The lowest BCUT2D eigenvalue weighted by Gasteiger charge is -2.04. The molecular weight excluding hydrogens is 194 g/mol. The Morgan fingerprint density at radius 1 is 1.36 bits per heavy atom. The maximum absolute atomic E-state index is 11.0. The first kappa shape index (κ1) is 10.8. The average molecular weight is 205 g/mol. The molecule has 0 aliphatic heterocycles. The predicted molar refractivity (Wildman–Crippen MR) is 57.4 cm³/mol. The molecule has 1 aromatic rings. The first-order valence-corrected chi connectivity index (χ1v) is 5.22. The predicted octanol–water partition coefficient (Wildman–Crippen LogP) is 2.89. The number of carbonyl (C=O) groups excluding carboxylic acids is 1. The highest BCUT2D eigenvalue weighted by atomic mass is 32.2. The Morgan fingerprint density at radius 3 is 2.36 bits per heavy atom. The van der Waals surface area contributed by atoms with Crippen LogP contribution in [0.3, 0.4) is 0 Å². The first-order valence-electron chi connectivity index (χ1n) is 4.34. The highest BCUT2D eigenvalue weighted by Gasteiger charge is 2.04. The Labute approximate surface area is 87.9 Å². The van der Waals surface area contributed by atoms with Crippen LogP contribution >= 0.6 is 11.8 Å². The van der Waals surface area contributed by atoms with Crippen LogP contribution in [0.5, 0.6) is 0 Å². The van der Waals surface area contributed by atoms with Gasteiger partial charge in [0.15, 0.2) is 0 Å². The highest BCUT2D eigenvalue weighted by Crippen LogP contribution is 2.22. The minimum absolute atomic E-state index is 0.459. The number of rotatable bonds is 3. The van der Waals surface area contributed by atoms with Gasteiger partial charge in [0.05, 0.1) is 0 Å². The Kier molecular flexibility index (Phi) is 3.73. The first-order chi connectivity index (χ1) is 6.63. The van der Waals surface area contributed by atoms with Crippen LogP contribution in [0.1, 0.15) is 24.2 Å². The molecule has 3 heteroatoms. The summed E-state index contributed by atoms with van der Waals surface area (Å²) in [5.41, 5.74) is 0.459. The van der Waals surface area contributed by atoms with Gasteiger partial charge in [0, 0.05) is 15.7 Å². The lowest BCUT2D eigenvalue weighted by atomic mass is 10.1. The van der Waals surface area contributed by atoms with Gasteiger partial charge in [0.1, 0.15) is 6.07 Å². The van der Waals surface area contributed by atoms with E-state index in [0.29, 0.717) is 10.8 Å². The van der Waals surface area contributed by atoms with Crippen LogP contribution < -0.4 is 0 Å². The highest BCUT2D eigenvalue weighted by molar-refractivity contribution is 7.99. The molecule has 0 aliphatic carbocycles. The van der Waals surface area contributed by atoms with Crippen LogP contribution in [0.4, 0.5) is 0 Å². The van der Waals surface area contributed by atoms with Gasteiger partial charge < -0.3 is 0 Å². The third kappa shape index (κ3) is 2.90. The molecule has 2 nitrogen and oxygen atoms in total. The quantitative estimate of drug-likeness (QED) is 0.433. The second kappa shape index (κ2) is 4.83. The van der Waals surface area contributed by atoms with Gasteiger partial charge in [-0.2, -0.15) is 5.26 Å². The summed E-state index contributed by atoms with van der Waals surface area (Å²) >= 11 is 1.73. The van der Waals surface area contributed by atoms with Crippen molar-refractivity contribution in [3.63, 3.8) is 0 Å². The zero-order valence-corrected chi connectivity index (χ0v) is 8.97. The van der Waals surface area contributed by atoms with Crippen LogP contribution in [0.2, 0.25) is 0 Å². The molecule has 0 saturated carbocycles. The summed E-state index contributed by atoms with van der Waals surface area (Å²) in [5.74, 6) is -0.480. The monoisotopic (exact) mass is 205 g/mol. The third-order valence-electron chi connectivity index (χ3n) is 1.59. The molecule has 0 bridgehead atoms. The topological polar surface area (TPSA) is 40.9 Å². The lowest BCUT2D eigenvalue weighted by molar-refractivity contribution is 0.105. The molecule has 0 N–H and O–H groups in total. The average Bonchev–Trinajstić information content (AvgIpc) is 2.17. The van der Waals surface area contributed by atoms with Crippen molar-refractivity contribution in [2.75, 3.05) is 0 Å². The number of Topliss-reactive ketones (excluding diaryl/α,β-unsaturated/α-hetero) is 1. The molecule has 0 amide bonds. The lowest BCUT2D eigenvalue weighted by Crippen LogP contribution is -1.94. The van der Waals surface area contributed by atoms with Gasteiger partial charge in [-0.05, 0) is 24.3 Å². The molecule has 0 spiro atoms. The van der Waals surface area contributed by atoms with E-state index in [-0.39, 0.29) is 0 Å². The Hall–Kier alpha value is -1.27. The number of thioether (sulfide) groups is 1. The standard InChI is InChI=1S/C11H11NOS/c1-8(2)14-10-5-3-9(4-6-10)11(13)7-12/h3-6,8H,1-2H3. The van der Waals surface area contributed by atoms with Gasteiger partial charge >= 0.3 is 0 Å². The van der Waals surface area contributed by atoms with Crippen LogP contribution in [0, 0.1) is 11.3 Å². The molecule has 1 aromatic carbocycles. The van der Waals surface area contributed by atoms with Crippen molar-refractivity contribution in [1.82, 2.24) is 0 Å². The van der Waals surface area contributed by atoms with E-state index in [4.69, 9.17) is 5.26 Å². The summed E-state index contributed by atoms with van der Waals surface area (Å²) in [7, 11) is 0. The second-order valence-corrected chi connectivity index (χ2v) is 4.78. The molecule has 1 rings (SSSR count). The fourth-order valence-electron chi connectivity index (χ4n) is 1.02. The van der Waals surface area contributed by atoms with E-state index in [1.165, 1.54) is 0 Å². The second-order valence-electron chi connectivity index (χ2n) is 3.13. The maximum atomic E-state index is 11.0. The van der Waals surface area contributed by atoms with Crippen molar-refractivity contribution in [2.45, 2.75) is 24.0 Å². The molecule has 0 heterocycles. The third-order valence-corrected chi connectivity index (χ3v) is 2.61. The summed E-state index contributed by atoms with van der Waals surface area (Å²) in [6.45, 7) is 4.22. The van der Waals surface area contributed by atoms with E-state index >= 15 is 0 Å². The number of nitrogens with zero attached hydrogens (tertiary/aromatic N) is 1. The van der Waals surface area contributed by atoms with E-state index in [0.717, 1.165) is 4.90 Å². The van der Waals surface area contributed by atoms with Crippen molar-refractivity contribution < 1.29 is 4.79 Å². The van der Waals surface area contributed by atoms with Crippen molar-refractivity contribution in [3.8, 4) is 6.07 Å². The summed E-state index contributed by atoms with van der Waals surface area (Å²) in [5, 5.41) is 8.92. The van der Waals surface area contributed by atoms with Gasteiger partial charge in [-0.3, -0.25) is 4.79 Å². The molecule has 0 saturated heterocycles. The molecular formula is C11H11NOS. The summed E-state index contributed by atoms with van der Waals surface area (Å²) in [6.07, 6.45) is 0. The molecule has 0 radical (unpaired) electrons. The van der Waals surface area contributed by atoms with Crippen molar-refractivity contribution in [3.05, 3.63) is 29.8 Å². The van der Waals surface area contributed by atoms with Crippen molar-refractivity contribution in [2.24, 2.45) is 0 Å². The number of hydrogen-bond donors (Lipinski definition) is 0. The molecule has 0 fully saturated rings. The fraction of sp³-hybridized carbons (Fsp3) is 0.273. The number of hydrogen-bond acceptors (Lipinski definition) is 3. The van der Waals surface area contributed by atoms with Gasteiger partial charge in [-0.1, -0.05) is 13.8 Å². The zero-order chi connectivity index (χ0) is 10.6. The molecule has 0 atom stereocenters. The van der Waals surface area contributed by atoms with E-state index < -0.39 is 5.78 Å². The number of benzene rings is 1. The van der Waals surface area contributed by atoms with Gasteiger partial charge in [-0.25, -0.2) is 0 Å². The Morgan fingerprint density at radius 2 is 1.93 bits per heavy atom. The molecule has 72 valence electrons. The summed E-state index contributed by atoms with van der Waals surface area (Å²) in [6, 6.07) is 8.72. The van der Waals surface area contributed by atoms with E-state index in [9.17, 15) is 4.79 Å². The molecule has 0 aliphatic rings. The minimum atomic E-state index is -0.480. The van der Waals surface area contributed by atoms with Crippen molar-refractivity contribution >= 4 is 17.5 Å². The summed E-state index contributed by atoms with van der Waals surface area (Å²) < 4.78 is 0. The van der Waals surface area contributed by atoms with E-state index in [1.807, 2.05) is 12.1 Å². The van der Waals surface area contributed by atoms with E-state index in [2.05, 4.69) is 13.8 Å². The van der Waals surface area contributed by atoms with Crippen LogP contribution in [0.25, 0.3) is 0 Å². The maximum Gasteiger partial charge on any atom is 0.262 e. The number of carbonyl (C=O) groups is 1. The fourth-order valence-corrected chi connectivity index (χ4v) is 1.86. The normalized spacial score (nSPS) is 9.86. The van der Waals surface area contributed by atoms with E-state index in [1.54, 1.807) is 30.0 Å². The molecule has 14 heavy (non-hydrogen) atoms. The smallest absolute Gasteiger partial charge is 0.262 e. The zero-order valence-electron chi connectivity index (χ0n) is 8.15. The van der Waals surface area contributed by atoms with Gasteiger partial charge in [0.2, 0.25) is 0 Å².